The molecule has 0 heterocycles. The maximum atomic E-state index is 9.74. The standard InChI is InChI=1S/C5H12N2O2/c6-4-2-1-3-5-7(8)9/h1-6H2. The van der Waals surface area contributed by atoms with E-state index in [1.165, 1.54) is 0 Å². The summed E-state index contributed by atoms with van der Waals surface area (Å²) in [6.45, 7) is 0.720. The van der Waals surface area contributed by atoms with E-state index in [1.807, 2.05) is 0 Å². The summed E-state index contributed by atoms with van der Waals surface area (Å²) in [5, 5.41) is 9.74. The maximum Gasteiger partial charge on any atom is 0.203 e. The molecule has 4 heteroatoms. The summed E-state index contributed by atoms with van der Waals surface area (Å²) in [4.78, 5) is 9.44. The summed E-state index contributed by atoms with van der Waals surface area (Å²) in [7, 11) is 0. The Kier molecular flexibility index (Phi) is 5.11. The summed E-state index contributed by atoms with van der Waals surface area (Å²) in [6, 6.07) is 0. The minimum atomic E-state index is -0.295. The van der Waals surface area contributed by atoms with Gasteiger partial charge >= 0.3 is 0 Å². The molecule has 0 aromatic heterocycles. The van der Waals surface area contributed by atoms with Gasteiger partial charge in [-0.2, -0.15) is 0 Å². The first kappa shape index (κ1) is 8.36. The highest BCUT2D eigenvalue weighted by Gasteiger charge is 1.94. The van der Waals surface area contributed by atoms with Crippen LogP contribution in [0.2, 0.25) is 0 Å². The van der Waals surface area contributed by atoms with E-state index in [9.17, 15) is 10.1 Å². The largest absolute Gasteiger partial charge is 0.330 e. The number of nitrogens with two attached hydrogens (primary N) is 1. The Morgan fingerprint density at radius 1 is 1.33 bits per heavy atom. The van der Waals surface area contributed by atoms with E-state index in [1.54, 1.807) is 0 Å². The van der Waals surface area contributed by atoms with E-state index < -0.39 is 0 Å². The molecule has 0 radical (unpaired) electrons. The van der Waals surface area contributed by atoms with Gasteiger partial charge < -0.3 is 5.73 Å². The molecule has 0 aliphatic rings. The van der Waals surface area contributed by atoms with Crippen LogP contribution in [0, 0.1) is 10.1 Å². The smallest absolute Gasteiger partial charge is 0.203 e. The molecule has 0 aliphatic heterocycles. The quantitative estimate of drug-likeness (QED) is 0.334. The molecule has 54 valence electrons. The van der Waals surface area contributed by atoms with Crippen molar-refractivity contribution in [1.29, 1.82) is 0 Å². The topological polar surface area (TPSA) is 69.2 Å². The Morgan fingerprint density at radius 2 is 2.00 bits per heavy atom. The van der Waals surface area contributed by atoms with Crippen LogP contribution in [0.15, 0.2) is 0 Å². The van der Waals surface area contributed by atoms with Crippen molar-refractivity contribution in [2.45, 2.75) is 19.3 Å². The van der Waals surface area contributed by atoms with Crippen LogP contribution in [-0.2, 0) is 0 Å². The third-order valence-electron chi connectivity index (χ3n) is 1.04. The second-order valence-electron chi connectivity index (χ2n) is 1.91. The van der Waals surface area contributed by atoms with Gasteiger partial charge in [-0.25, -0.2) is 0 Å². The van der Waals surface area contributed by atoms with Crippen LogP contribution in [0.3, 0.4) is 0 Å². The molecule has 0 saturated carbocycles. The normalized spacial score (nSPS) is 9.44. The van der Waals surface area contributed by atoms with Gasteiger partial charge in [-0.1, -0.05) is 0 Å². The van der Waals surface area contributed by atoms with Crippen LogP contribution in [0.25, 0.3) is 0 Å². The molecule has 4 nitrogen and oxygen atoms in total. The fraction of sp³-hybridized carbons (Fsp3) is 1.00. The highest BCUT2D eigenvalue weighted by atomic mass is 16.6. The highest BCUT2D eigenvalue weighted by molar-refractivity contribution is 4.39. The van der Waals surface area contributed by atoms with Crippen molar-refractivity contribution in [2.24, 2.45) is 5.73 Å². The second-order valence-corrected chi connectivity index (χ2v) is 1.91. The van der Waals surface area contributed by atoms with Gasteiger partial charge in [0.25, 0.3) is 0 Å². The molecule has 0 aliphatic carbocycles. The predicted octanol–water partition coefficient (Wildman–Crippen LogP) is 0.392. The lowest BCUT2D eigenvalue weighted by Gasteiger charge is -1.91. The van der Waals surface area contributed by atoms with Gasteiger partial charge in [0.05, 0.1) is 0 Å². The van der Waals surface area contributed by atoms with Gasteiger partial charge in [-0.05, 0) is 19.4 Å². The van der Waals surface area contributed by atoms with E-state index in [-0.39, 0.29) is 11.5 Å². The molecular formula is C5H12N2O2. The molecule has 0 aromatic carbocycles. The van der Waals surface area contributed by atoms with Gasteiger partial charge in [-0.15, -0.1) is 0 Å². The Balaban J connectivity index is 2.83. The zero-order valence-corrected chi connectivity index (χ0v) is 5.38. The summed E-state index contributed by atoms with van der Waals surface area (Å²) in [5.41, 5.74) is 5.18. The lowest BCUT2D eigenvalue weighted by molar-refractivity contribution is -0.480. The van der Waals surface area contributed by atoms with Crippen LogP contribution in [-0.4, -0.2) is 18.0 Å². The molecule has 0 saturated heterocycles. The zero-order valence-electron chi connectivity index (χ0n) is 5.38. The lowest BCUT2D eigenvalue weighted by Crippen LogP contribution is -2.02. The van der Waals surface area contributed by atoms with Crippen LogP contribution < -0.4 is 5.73 Å². The Labute approximate surface area is 54.2 Å². The summed E-state index contributed by atoms with van der Waals surface area (Å²) in [6.07, 6.45) is 2.43. The number of nitro groups is 1. The number of hydrogen-bond acceptors (Lipinski definition) is 3. The Morgan fingerprint density at radius 3 is 2.44 bits per heavy atom. The van der Waals surface area contributed by atoms with E-state index in [0.717, 1.165) is 12.8 Å². The van der Waals surface area contributed by atoms with E-state index >= 15 is 0 Å². The van der Waals surface area contributed by atoms with Gasteiger partial charge in [0.1, 0.15) is 0 Å². The predicted molar refractivity (Wildman–Crippen MR) is 34.8 cm³/mol. The minimum absolute atomic E-state index is 0.0833. The van der Waals surface area contributed by atoms with Crippen molar-refractivity contribution in [3.63, 3.8) is 0 Å². The van der Waals surface area contributed by atoms with Crippen molar-refractivity contribution < 1.29 is 4.92 Å². The average molecular weight is 132 g/mol. The molecule has 0 aromatic rings. The first-order valence-corrected chi connectivity index (χ1v) is 3.09. The summed E-state index contributed by atoms with van der Waals surface area (Å²) < 4.78 is 0. The number of nitrogens with zero attached hydrogens (tertiary/aromatic N) is 1. The first-order valence-electron chi connectivity index (χ1n) is 3.09. The van der Waals surface area contributed by atoms with Gasteiger partial charge in [0.2, 0.25) is 6.54 Å². The average Bonchev–Trinajstić information content (AvgIpc) is 1.80. The van der Waals surface area contributed by atoms with Crippen molar-refractivity contribution in [3.8, 4) is 0 Å². The van der Waals surface area contributed by atoms with Crippen LogP contribution in [0.5, 0.6) is 0 Å². The highest BCUT2D eigenvalue weighted by Crippen LogP contribution is 1.92. The zero-order chi connectivity index (χ0) is 7.11. The maximum absolute atomic E-state index is 9.74. The second kappa shape index (κ2) is 5.50. The van der Waals surface area contributed by atoms with Gasteiger partial charge in [0, 0.05) is 11.3 Å². The molecule has 0 fully saturated rings. The number of rotatable bonds is 5. The van der Waals surface area contributed by atoms with Crippen LogP contribution in [0.4, 0.5) is 0 Å². The molecule has 0 spiro atoms. The third kappa shape index (κ3) is 7.36. The molecule has 0 rings (SSSR count). The fourth-order valence-corrected chi connectivity index (χ4v) is 0.562. The molecule has 0 atom stereocenters. The molecule has 0 bridgehead atoms. The summed E-state index contributed by atoms with van der Waals surface area (Å²) in [5.74, 6) is 0. The molecular weight excluding hydrogens is 120 g/mol. The van der Waals surface area contributed by atoms with E-state index in [4.69, 9.17) is 5.73 Å². The number of hydrogen-bond donors (Lipinski definition) is 1. The molecule has 9 heavy (non-hydrogen) atoms. The number of unbranched alkanes of at least 4 members (excludes halogenated alkanes) is 2. The molecule has 2 N–H and O–H groups in total. The van der Waals surface area contributed by atoms with Crippen molar-refractivity contribution >= 4 is 0 Å². The lowest BCUT2D eigenvalue weighted by atomic mass is 10.2. The Bertz CT molecular complexity index is 85.0. The fourth-order valence-electron chi connectivity index (χ4n) is 0.562. The van der Waals surface area contributed by atoms with Crippen molar-refractivity contribution in [2.75, 3.05) is 13.1 Å². The monoisotopic (exact) mass is 132 g/mol. The van der Waals surface area contributed by atoms with E-state index in [0.29, 0.717) is 13.0 Å². The Hall–Kier alpha value is -0.640. The first-order chi connectivity index (χ1) is 4.27. The third-order valence-corrected chi connectivity index (χ3v) is 1.04. The van der Waals surface area contributed by atoms with Crippen molar-refractivity contribution in [1.82, 2.24) is 0 Å². The van der Waals surface area contributed by atoms with Gasteiger partial charge in [0.15, 0.2) is 0 Å². The van der Waals surface area contributed by atoms with Crippen molar-refractivity contribution in [3.05, 3.63) is 10.1 Å². The summed E-state index contributed by atoms with van der Waals surface area (Å²) >= 11 is 0. The van der Waals surface area contributed by atoms with E-state index in [2.05, 4.69) is 0 Å². The van der Waals surface area contributed by atoms with Gasteiger partial charge in [-0.3, -0.25) is 10.1 Å². The minimum Gasteiger partial charge on any atom is -0.330 e. The molecule has 0 amide bonds. The van der Waals surface area contributed by atoms with Crippen LogP contribution >= 0.6 is 0 Å². The molecule has 0 unspecified atom stereocenters. The SMILES string of the molecule is NCCCCC[N+](=O)[O-]. The van der Waals surface area contributed by atoms with Crippen LogP contribution in [0.1, 0.15) is 19.3 Å².